The van der Waals surface area contributed by atoms with Crippen molar-refractivity contribution in [3.05, 3.63) is 29.8 Å². The van der Waals surface area contributed by atoms with Crippen molar-refractivity contribution in [3.8, 4) is 0 Å². The van der Waals surface area contributed by atoms with E-state index in [1.165, 1.54) is 0 Å². The number of nitrogens with zero attached hydrogens (tertiary/aromatic N) is 2. The van der Waals surface area contributed by atoms with Gasteiger partial charge in [-0.3, -0.25) is 9.59 Å². The summed E-state index contributed by atoms with van der Waals surface area (Å²) in [5, 5.41) is 2.44. The van der Waals surface area contributed by atoms with Gasteiger partial charge in [0.1, 0.15) is 0 Å². The third-order valence-corrected chi connectivity index (χ3v) is 3.81. The summed E-state index contributed by atoms with van der Waals surface area (Å²) in [6, 6.07) is 7.46. The fourth-order valence-electron chi connectivity index (χ4n) is 2.52. The van der Waals surface area contributed by atoms with Crippen LogP contribution in [0.25, 0.3) is 0 Å². The largest absolute Gasteiger partial charge is 0.339 e. The van der Waals surface area contributed by atoms with Gasteiger partial charge in [0.15, 0.2) is 0 Å². The Labute approximate surface area is 119 Å². The molecule has 0 atom stereocenters. The minimum absolute atomic E-state index is 0.0591. The van der Waals surface area contributed by atoms with E-state index in [9.17, 15) is 9.59 Å². The zero-order chi connectivity index (χ0) is 14.5. The van der Waals surface area contributed by atoms with E-state index in [0.717, 1.165) is 25.9 Å². The Kier molecular flexibility index (Phi) is 4.74. The minimum atomic E-state index is 0.0591. The van der Waals surface area contributed by atoms with Gasteiger partial charge in [0.05, 0.1) is 0 Å². The van der Waals surface area contributed by atoms with E-state index in [1.807, 2.05) is 4.90 Å². The van der Waals surface area contributed by atoms with Crippen LogP contribution in [0.1, 0.15) is 23.2 Å². The molecule has 107 valence electrons. The number of carbonyl (C=O) groups is 1. The Morgan fingerprint density at radius 1 is 1.25 bits per heavy atom. The van der Waals surface area contributed by atoms with Crippen molar-refractivity contribution in [1.82, 2.24) is 9.80 Å². The van der Waals surface area contributed by atoms with Gasteiger partial charge in [-0.05, 0) is 51.2 Å². The topological polar surface area (TPSA) is 52.6 Å². The number of carbonyl (C=O) groups excluding carboxylic acids is 2. The molecule has 20 heavy (non-hydrogen) atoms. The van der Waals surface area contributed by atoms with Crippen LogP contribution < -0.4 is 5.32 Å². The van der Waals surface area contributed by atoms with Crippen molar-refractivity contribution in [2.24, 2.45) is 0 Å². The average Bonchev–Trinajstić information content (AvgIpc) is 2.48. The number of hydrogen-bond acceptors (Lipinski definition) is 3. The summed E-state index contributed by atoms with van der Waals surface area (Å²) in [5.74, 6) is 0.0591. The highest BCUT2D eigenvalue weighted by Gasteiger charge is 2.24. The molecule has 0 aliphatic carbocycles. The van der Waals surface area contributed by atoms with E-state index in [2.05, 4.69) is 24.3 Å². The summed E-state index contributed by atoms with van der Waals surface area (Å²) in [7, 11) is 4.16. The lowest BCUT2D eigenvalue weighted by atomic mass is 10.0. The van der Waals surface area contributed by atoms with E-state index in [-0.39, 0.29) is 5.91 Å². The average molecular weight is 274 g/mol. The summed E-state index contributed by atoms with van der Waals surface area (Å²) in [4.78, 5) is 26.7. The monoisotopic (exact) mass is 274 g/mol. The zero-order valence-corrected chi connectivity index (χ0v) is 11.9. The molecule has 1 aliphatic rings. The molecular weight excluding hydrogens is 254 g/mol. The molecule has 1 aromatic rings. The van der Waals surface area contributed by atoms with Gasteiger partial charge in [0.25, 0.3) is 5.91 Å². The van der Waals surface area contributed by atoms with Crippen LogP contribution in [0, 0.1) is 0 Å². The number of amides is 2. The van der Waals surface area contributed by atoms with E-state index < -0.39 is 0 Å². The molecule has 2 amide bonds. The van der Waals surface area contributed by atoms with Gasteiger partial charge in [0.2, 0.25) is 0 Å². The van der Waals surface area contributed by atoms with Crippen LogP contribution in [-0.2, 0) is 4.79 Å². The number of rotatable bonds is 4. The number of anilines is 1. The Hall–Kier alpha value is -1.88. The first-order chi connectivity index (χ1) is 9.61. The standard InChI is InChI=1S/C15H20N3O2/c1-17(2)14-7-9-18(10-8-14)15(20)12-3-5-13(6-4-12)16-11-19/h3-6,14H,7-10H2,1-2H3,(H,16,19). The molecular formula is C15H20N3O2. The number of likely N-dealkylation sites (tertiary alicyclic amines) is 1. The molecule has 1 aromatic carbocycles. The van der Waals surface area contributed by atoms with Crippen LogP contribution in [0.2, 0.25) is 0 Å². The van der Waals surface area contributed by atoms with E-state index in [4.69, 9.17) is 0 Å². The predicted molar refractivity (Wildman–Crippen MR) is 78.4 cm³/mol. The van der Waals surface area contributed by atoms with Gasteiger partial charge in [0, 0.05) is 30.4 Å². The Morgan fingerprint density at radius 3 is 2.35 bits per heavy atom. The Balaban J connectivity index is 1.96. The van der Waals surface area contributed by atoms with E-state index in [1.54, 1.807) is 30.7 Å². The molecule has 0 spiro atoms. The summed E-state index contributed by atoms with van der Waals surface area (Å²) >= 11 is 0. The fourth-order valence-corrected chi connectivity index (χ4v) is 2.52. The molecule has 1 radical (unpaired) electrons. The molecule has 5 nitrogen and oxygen atoms in total. The van der Waals surface area contributed by atoms with Crippen LogP contribution in [0.15, 0.2) is 24.3 Å². The summed E-state index contributed by atoms with van der Waals surface area (Å²) in [6.07, 6.45) is 3.64. The molecule has 1 aliphatic heterocycles. The molecule has 1 heterocycles. The zero-order valence-electron chi connectivity index (χ0n) is 11.9. The van der Waals surface area contributed by atoms with Crippen LogP contribution in [0.4, 0.5) is 5.69 Å². The third-order valence-electron chi connectivity index (χ3n) is 3.81. The van der Waals surface area contributed by atoms with Gasteiger partial charge >= 0.3 is 6.41 Å². The van der Waals surface area contributed by atoms with Crippen LogP contribution >= 0.6 is 0 Å². The first kappa shape index (κ1) is 14.5. The van der Waals surface area contributed by atoms with Crippen molar-refractivity contribution in [2.45, 2.75) is 18.9 Å². The lowest BCUT2D eigenvalue weighted by Crippen LogP contribution is -2.44. The normalized spacial score (nSPS) is 16.2. The highest BCUT2D eigenvalue weighted by Crippen LogP contribution is 2.17. The molecule has 1 N–H and O–H groups in total. The maximum Gasteiger partial charge on any atom is 0.314 e. The first-order valence-corrected chi connectivity index (χ1v) is 6.80. The lowest BCUT2D eigenvalue weighted by Gasteiger charge is -2.35. The van der Waals surface area contributed by atoms with Gasteiger partial charge in [-0.15, -0.1) is 0 Å². The fraction of sp³-hybridized carbons (Fsp3) is 0.467. The van der Waals surface area contributed by atoms with E-state index in [0.29, 0.717) is 17.3 Å². The van der Waals surface area contributed by atoms with Crippen molar-refractivity contribution < 1.29 is 9.59 Å². The third kappa shape index (κ3) is 3.36. The molecule has 0 saturated carbocycles. The second-order valence-electron chi connectivity index (χ2n) is 5.29. The summed E-state index contributed by atoms with van der Waals surface area (Å²) in [5.41, 5.74) is 1.30. The van der Waals surface area contributed by atoms with Crippen LogP contribution in [0.3, 0.4) is 0 Å². The van der Waals surface area contributed by atoms with Crippen molar-refractivity contribution in [2.75, 3.05) is 32.5 Å². The highest BCUT2D eigenvalue weighted by molar-refractivity contribution is 5.94. The predicted octanol–water partition coefficient (Wildman–Crippen LogP) is 1.33. The lowest BCUT2D eigenvalue weighted by molar-refractivity contribution is 0.0663. The molecule has 1 saturated heterocycles. The summed E-state index contributed by atoms with van der Waals surface area (Å²) in [6.45, 7) is 1.59. The minimum Gasteiger partial charge on any atom is -0.339 e. The van der Waals surface area contributed by atoms with Crippen molar-refractivity contribution in [1.29, 1.82) is 0 Å². The van der Waals surface area contributed by atoms with Gasteiger partial charge in [-0.1, -0.05) is 0 Å². The molecule has 0 unspecified atom stereocenters. The Bertz CT molecular complexity index is 463. The maximum absolute atomic E-state index is 12.4. The first-order valence-electron chi connectivity index (χ1n) is 6.80. The van der Waals surface area contributed by atoms with Crippen LogP contribution in [-0.4, -0.2) is 55.3 Å². The SMILES string of the molecule is CN(C)C1CCN(C(=O)c2ccc(N[C]=O)cc2)CC1. The van der Waals surface area contributed by atoms with Gasteiger partial charge < -0.3 is 15.1 Å². The van der Waals surface area contributed by atoms with Gasteiger partial charge in [-0.25, -0.2) is 0 Å². The van der Waals surface area contributed by atoms with Gasteiger partial charge in [-0.2, -0.15) is 0 Å². The van der Waals surface area contributed by atoms with Crippen LogP contribution in [0.5, 0.6) is 0 Å². The number of hydrogen-bond donors (Lipinski definition) is 1. The van der Waals surface area contributed by atoms with E-state index >= 15 is 0 Å². The number of benzene rings is 1. The number of piperidine rings is 1. The molecule has 5 heteroatoms. The second kappa shape index (κ2) is 6.52. The maximum atomic E-state index is 12.4. The van der Waals surface area contributed by atoms with Crippen molar-refractivity contribution >= 4 is 18.0 Å². The molecule has 2 rings (SSSR count). The Morgan fingerprint density at radius 2 is 1.85 bits per heavy atom. The summed E-state index contributed by atoms with van der Waals surface area (Å²) < 4.78 is 0. The molecule has 0 aromatic heterocycles. The number of nitrogens with one attached hydrogen (secondary N) is 1. The second-order valence-corrected chi connectivity index (χ2v) is 5.29. The smallest absolute Gasteiger partial charge is 0.314 e. The van der Waals surface area contributed by atoms with Crippen molar-refractivity contribution in [3.63, 3.8) is 0 Å². The highest BCUT2D eigenvalue weighted by atomic mass is 16.2. The molecule has 0 bridgehead atoms. The molecule has 1 fully saturated rings. The quantitative estimate of drug-likeness (QED) is 0.843.